The molecule has 80 valence electrons. The van der Waals surface area contributed by atoms with E-state index in [1.807, 2.05) is 4.90 Å². The Labute approximate surface area is 88.3 Å². The summed E-state index contributed by atoms with van der Waals surface area (Å²) in [7, 11) is 0. The van der Waals surface area contributed by atoms with Crippen LogP contribution in [-0.4, -0.2) is 39.9 Å². The molecule has 1 aliphatic rings. The van der Waals surface area contributed by atoms with Crippen LogP contribution in [0.4, 0.5) is 0 Å². The zero-order chi connectivity index (χ0) is 10.7. The number of hydrogen-bond acceptors (Lipinski definition) is 4. The standard InChI is InChI=1S/C10H14N4O/c11-3-4-14(9-1-2-9)10(15)8-5-12-7-13-6-8/h5-7,9H,1-4,11H2. The molecule has 0 unspecified atom stereocenters. The summed E-state index contributed by atoms with van der Waals surface area (Å²) in [5, 5.41) is 0. The topological polar surface area (TPSA) is 72.1 Å². The Morgan fingerprint density at radius 3 is 2.67 bits per heavy atom. The van der Waals surface area contributed by atoms with E-state index >= 15 is 0 Å². The number of aromatic nitrogens is 2. The van der Waals surface area contributed by atoms with E-state index in [1.165, 1.54) is 6.33 Å². The first kappa shape index (κ1) is 10.0. The third-order valence-corrected chi connectivity index (χ3v) is 2.43. The van der Waals surface area contributed by atoms with Crippen molar-refractivity contribution in [2.24, 2.45) is 5.73 Å². The maximum Gasteiger partial charge on any atom is 0.257 e. The van der Waals surface area contributed by atoms with Gasteiger partial charge in [0.05, 0.1) is 5.56 Å². The molecule has 15 heavy (non-hydrogen) atoms. The zero-order valence-electron chi connectivity index (χ0n) is 8.47. The molecule has 0 spiro atoms. The van der Waals surface area contributed by atoms with E-state index in [9.17, 15) is 4.79 Å². The molecule has 1 aliphatic carbocycles. The van der Waals surface area contributed by atoms with Crippen LogP contribution in [0.5, 0.6) is 0 Å². The summed E-state index contributed by atoms with van der Waals surface area (Å²) >= 11 is 0. The molecule has 5 heteroatoms. The van der Waals surface area contributed by atoms with Crippen LogP contribution in [0.15, 0.2) is 18.7 Å². The number of rotatable bonds is 4. The highest BCUT2D eigenvalue weighted by molar-refractivity contribution is 5.94. The highest BCUT2D eigenvalue weighted by Crippen LogP contribution is 2.27. The average molecular weight is 206 g/mol. The van der Waals surface area contributed by atoms with E-state index in [-0.39, 0.29) is 5.91 Å². The van der Waals surface area contributed by atoms with Crippen molar-refractivity contribution < 1.29 is 4.79 Å². The van der Waals surface area contributed by atoms with Crippen LogP contribution >= 0.6 is 0 Å². The minimum atomic E-state index is -0.0106. The lowest BCUT2D eigenvalue weighted by atomic mass is 10.3. The second-order valence-corrected chi connectivity index (χ2v) is 3.65. The van der Waals surface area contributed by atoms with E-state index in [4.69, 9.17) is 5.73 Å². The zero-order valence-corrected chi connectivity index (χ0v) is 8.47. The first-order valence-corrected chi connectivity index (χ1v) is 5.09. The molecule has 1 aromatic heterocycles. The molecule has 1 saturated carbocycles. The van der Waals surface area contributed by atoms with Gasteiger partial charge in [-0.15, -0.1) is 0 Å². The lowest BCUT2D eigenvalue weighted by Gasteiger charge is -2.21. The van der Waals surface area contributed by atoms with Gasteiger partial charge in [-0.05, 0) is 12.8 Å². The maximum absolute atomic E-state index is 12.0. The molecule has 0 aromatic carbocycles. The second kappa shape index (κ2) is 4.35. The largest absolute Gasteiger partial charge is 0.334 e. The quantitative estimate of drug-likeness (QED) is 0.755. The third kappa shape index (κ3) is 2.30. The molecule has 5 nitrogen and oxygen atoms in total. The SMILES string of the molecule is NCCN(C(=O)c1cncnc1)C1CC1. The maximum atomic E-state index is 12.0. The summed E-state index contributed by atoms with van der Waals surface area (Å²) in [4.78, 5) is 21.5. The van der Waals surface area contributed by atoms with Gasteiger partial charge in [0, 0.05) is 31.5 Å². The van der Waals surface area contributed by atoms with Crippen LogP contribution in [0.2, 0.25) is 0 Å². The van der Waals surface area contributed by atoms with Crippen LogP contribution in [-0.2, 0) is 0 Å². The molecule has 1 aromatic rings. The van der Waals surface area contributed by atoms with E-state index in [0.29, 0.717) is 24.7 Å². The van der Waals surface area contributed by atoms with Gasteiger partial charge in [-0.3, -0.25) is 4.79 Å². The van der Waals surface area contributed by atoms with Crippen molar-refractivity contribution in [2.45, 2.75) is 18.9 Å². The predicted molar refractivity (Wildman–Crippen MR) is 55.1 cm³/mol. The first-order valence-electron chi connectivity index (χ1n) is 5.09. The Kier molecular flexibility index (Phi) is 2.91. The number of carbonyl (C=O) groups is 1. The Hall–Kier alpha value is -1.49. The molecular formula is C10H14N4O. The number of nitrogens with zero attached hydrogens (tertiary/aromatic N) is 3. The fourth-order valence-electron chi connectivity index (χ4n) is 1.55. The van der Waals surface area contributed by atoms with Crippen LogP contribution in [0.3, 0.4) is 0 Å². The number of nitrogens with two attached hydrogens (primary N) is 1. The summed E-state index contributed by atoms with van der Waals surface area (Å²) in [5.41, 5.74) is 6.03. The van der Waals surface area contributed by atoms with Gasteiger partial charge < -0.3 is 10.6 Å². The number of amides is 1. The molecule has 0 saturated heterocycles. The molecule has 0 radical (unpaired) electrons. The Balaban J connectivity index is 2.10. The predicted octanol–water partition coefficient (Wildman–Crippen LogP) is 0.0399. The molecule has 2 rings (SSSR count). The van der Waals surface area contributed by atoms with Crippen LogP contribution in [0.1, 0.15) is 23.2 Å². The van der Waals surface area contributed by atoms with E-state index < -0.39 is 0 Å². The second-order valence-electron chi connectivity index (χ2n) is 3.65. The van der Waals surface area contributed by atoms with Crippen LogP contribution < -0.4 is 5.73 Å². The molecule has 0 bridgehead atoms. The molecule has 0 aliphatic heterocycles. The van der Waals surface area contributed by atoms with Crippen molar-refractivity contribution >= 4 is 5.91 Å². The monoisotopic (exact) mass is 206 g/mol. The Morgan fingerprint density at radius 1 is 1.47 bits per heavy atom. The average Bonchev–Trinajstić information content (AvgIpc) is 3.10. The number of hydrogen-bond donors (Lipinski definition) is 1. The van der Waals surface area contributed by atoms with Crippen molar-refractivity contribution in [3.05, 3.63) is 24.3 Å². The van der Waals surface area contributed by atoms with Crippen molar-refractivity contribution in [1.29, 1.82) is 0 Å². The fraction of sp³-hybridized carbons (Fsp3) is 0.500. The van der Waals surface area contributed by atoms with Crippen molar-refractivity contribution in [2.75, 3.05) is 13.1 Å². The van der Waals surface area contributed by atoms with Gasteiger partial charge in [0.1, 0.15) is 6.33 Å². The van der Waals surface area contributed by atoms with E-state index in [1.54, 1.807) is 12.4 Å². The van der Waals surface area contributed by atoms with Crippen molar-refractivity contribution in [1.82, 2.24) is 14.9 Å². The highest BCUT2D eigenvalue weighted by atomic mass is 16.2. The van der Waals surface area contributed by atoms with Gasteiger partial charge >= 0.3 is 0 Å². The van der Waals surface area contributed by atoms with Crippen molar-refractivity contribution in [3.63, 3.8) is 0 Å². The van der Waals surface area contributed by atoms with Gasteiger partial charge in [0.15, 0.2) is 0 Å². The van der Waals surface area contributed by atoms with Gasteiger partial charge in [-0.25, -0.2) is 9.97 Å². The van der Waals surface area contributed by atoms with Gasteiger partial charge in [-0.2, -0.15) is 0 Å². The Morgan fingerprint density at radius 2 is 2.13 bits per heavy atom. The molecule has 1 amide bonds. The minimum absolute atomic E-state index is 0.0106. The molecule has 2 N–H and O–H groups in total. The molecule has 0 atom stereocenters. The normalized spacial score (nSPS) is 15.0. The lowest BCUT2D eigenvalue weighted by molar-refractivity contribution is 0.0747. The molecular weight excluding hydrogens is 192 g/mol. The summed E-state index contributed by atoms with van der Waals surface area (Å²) in [6.45, 7) is 1.11. The van der Waals surface area contributed by atoms with Crippen LogP contribution in [0, 0.1) is 0 Å². The summed E-state index contributed by atoms with van der Waals surface area (Å²) in [6.07, 6.45) is 6.67. The van der Waals surface area contributed by atoms with Gasteiger partial charge in [-0.1, -0.05) is 0 Å². The molecule has 1 heterocycles. The lowest BCUT2D eigenvalue weighted by Crippen LogP contribution is -2.37. The van der Waals surface area contributed by atoms with E-state index in [0.717, 1.165) is 12.8 Å². The fourth-order valence-corrected chi connectivity index (χ4v) is 1.55. The first-order chi connectivity index (χ1) is 7.33. The van der Waals surface area contributed by atoms with Crippen molar-refractivity contribution in [3.8, 4) is 0 Å². The van der Waals surface area contributed by atoms with Crippen LogP contribution in [0.25, 0.3) is 0 Å². The third-order valence-electron chi connectivity index (χ3n) is 2.43. The summed E-state index contributed by atoms with van der Waals surface area (Å²) < 4.78 is 0. The minimum Gasteiger partial charge on any atom is -0.334 e. The van der Waals surface area contributed by atoms with E-state index in [2.05, 4.69) is 9.97 Å². The smallest absolute Gasteiger partial charge is 0.257 e. The summed E-state index contributed by atoms with van der Waals surface area (Å²) in [6, 6.07) is 0.376. The molecule has 1 fully saturated rings. The van der Waals surface area contributed by atoms with Gasteiger partial charge in [0.2, 0.25) is 0 Å². The number of carbonyl (C=O) groups excluding carboxylic acids is 1. The highest BCUT2D eigenvalue weighted by Gasteiger charge is 2.32. The Bertz CT molecular complexity index is 337. The van der Waals surface area contributed by atoms with Gasteiger partial charge in [0.25, 0.3) is 5.91 Å². The summed E-state index contributed by atoms with van der Waals surface area (Å²) in [5.74, 6) is -0.0106.